The molecular formula is C17H24N2O4. The van der Waals surface area contributed by atoms with E-state index in [0.29, 0.717) is 5.52 Å². The number of hydrogen-bond acceptors (Lipinski definition) is 5. The van der Waals surface area contributed by atoms with Gasteiger partial charge in [0.2, 0.25) is 0 Å². The van der Waals surface area contributed by atoms with Crippen molar-refractivity contribution in [2.24, 2.45) is 0 Å². The quantitative estimate of drug-likeness (QED) is 0.878. The third kappa shape index (κ3) is 4.63. The zero-order valence-corrected chi connectivity index (χ0v) is 14.3. The molecule has 0 atom stereocenters. The van der Waals surface area contributed by atoms with Crippen LogP contribution in [0.5, 0.6) is 5.75 Å². The first-order valence-electron chi connectivity index (χ1n) is 7.55. The van der Waals surface area contributed by atoms with Crippen molar-refractivity contribution >= 4 is 17.1 Å². The van der Waals surface area contributed by atoms with Gasteiger partial charge in [0.1, 0.15) is 11.4 Å². The monoisotopic (exact) mass is 320 g/mol. The zero-order chi connectivity index (χ0) is 17.2. The van der Waals surface area contributed by atoms with Gasteiger partial charge in [0.15, 0.2) is 0 Å². The van der Waals surface area contributed by atoms with Crippen molar-refractivity contribution in [1.29, 1.82) is 0 Å². The molecular weight excluding hydrogens is 296 g/mol. The molecule has 6 heteroatoms. The molecule has 0 saturated carbocycles. The van der Waals surface area contributed by atoms with Crippen LogP contribution >= 0.6 is 0 Å². The van der Waals surface area contributed by atoms with Crippen LogP contribution in [0.25, 0.3) is 10.9 Å². The van der Waals surface area contributed by atoms with Gasteiger partial charge in [-0.25, -0.2) is 4.79 Å². The van der Waals surface area contributed by atoms with E-state index in [9.17, 15) is 9.90 Å². The molecule has 0 saturated heterocycles. The number of ether oxygens (including phenoxy) is 1. The lowest BCUT2D eigenvalue weighted by atomic mass is 10.1. The average Bonchev–Trinajstić information content (AvgIpc) is 2.71. The highest BCUT2D eigenvalue weighted by Crippen LogP contribution is 2.25. The Morgan fingerprint density at radius 2 is 2.00 bits per heavy atom. The Hall–Kier alpha value is -2.21. The fourth-order valence-corrected chi connectivity index (χ4v) is 2.22. The third-order valence-corrected chi connectivity index (χ3v) is 3.23. The molecule has 1 aromatic carbocycles. The number of fused-ring (bicyclic) bond motifs is 1. The standard InChI is InChI=1S/C17H24N2O4/c1-17(2,3)22-16(21)23-19-11-12(8-9-18(4)5)14-10-13(20)6-7-15(14)19/h6-7,10-11,20H,8-9H2,1-5H3. The number of phenolic OH excluding ortho intramolecular Hbond substituents is 1. The largest absolute Gasteiger partial charge is 0.534 e. The van der Waals surface area contributed by atoms with Gasteiger partial charge in [-0.1, -0.05) is 0 Å². The van der Waals surface area contributed by atoms with E-state index in [1.807, 2.05) is 14.1 Å². The summed E-state index contributed by atoms with van der Waals surface area (Å²) in [4.78, 5) is 19.3. The van der Waals surface area contributed by atoms with E-state index in [1.54, 1.807) is 45.2 Å². The molecule has 0 unspecified atom stereocenters. The summed E-state index contributed by atoms with van der Waals surface area (Å²) >= 11 is 0. The fraction of sp³-hybridized carbons (Fsp3) is 0.471. The Morgan fingerprint density at radius 1 is 1.30 bits per heavy atom. The van der Waals surface area contributed by atoms with E-state index in [0.717, 1.165) is 23.9 Å². The third-order valence-electron chi connectivity index (χ3n) is 3.23. The van der Waals surface area contributed by atoms with Gasteiger partial charge in [0.05, 0.1) is 5.52 Å². The lowest BCUT2D eigenvalue weighted by molar-refractivity contribution is -0.00877. The highest BCUT2D eigenvalue weighted by Gasteiger charge is 2.20. The van der Waals surface area contributed by atoms with Gasteiger partial charge in [-0.3, -0.25) is 0 Å². The molecule has 0 aliphatic heterocycles. The molecule has 2 rings (SSSR count). The number of carbonyl (C=O) groups is 1. The Bertz CT molecular complexity index is 698. The number of phenols is 1. The summed E-state index contributed by atoms with van der Waals surface area (Å²) in [6.07, 6.45) is 1.77. The highest BCUT2D eigenvalue weighted by molar-refractivity contribution is 5.85. The highest BCUT2D eigenvalue weighted by atomic mass is 16.8. The van der Waals surface area contributed by atoms with Crippen LogP contribution in [0, 0.1) is 0 Å². The number of rotatable bonds is 4. The van der Waals surface area contributed by atoms with E-state index < -0.39 is 11.8 Å². The van der Waals surface area contributed by atoms with Crippen LogP contribution in [-0.2, 0) is 11.2 Å². The smallest absolute Gasteiger partial charge is 0.508 e. The number of carbonyl (C=O) groups excluding carboxylic acids is 1. The summed E-state index contributed by atoms with van der Waals surface area (Å²) in [5.74, 6) is 0.179. The van der Waals surface area contributed by atoms with Crippen molar-refractivity contribution in [3.8, 4) is 5.75 Å². The SMILES string of the molecule is CN(C)CCc1cn(OC(=O)OC(C)(C)C)c2ccc(O)cc12. The molecule has 0 bridgehead atoms. The molecule has 0 amide bonds. The van der Waals surface area contributed by atoms with E-state index in [1.165, 1.54) is 4.73 Å². The molecule has 0 aliphatic carbocycles. The van der Waals surface area contributed by atoms with Gasteiger partial charge in [0, 0.05) is 18.1 Å². The number of nitrogens with zero attached hydrogens (tertiary/aromatic N) is 2. The first kappa shape index (κ1) is 17.1. The summed E-state index contributed by atoms with van der Waals surface area (Å²) in [6.45, 7) is 6.19. The van der Waals surface area contributed by atoms with E-state index in [-0.39, 0.29) is 5.75 Å². The molecule has 1 N–H and O–H groups in total. The zero-order valence-electron chi connectivity index (χ0n) is 14.3. The maximum absolute atomic E-state index is 11.9. The van der Waals surface area contributed by atoms with Crippen LogP contribution in [0.4, 0.5) is 4.79 Å². The topological polar surface area (TPSA) is 63.9 Å². The van der Waals surface area contributed by atoms with Gasteiger partial charge in [-0.15, -0.1) is 0 Å². The van der Waals surface area contributed by atoms with Gasteiger partial charge >= 0.3 is 6.16 Å². The molecule has 1 heterocycles. The normalized spacial score (nSPS) is 11.9. The van der Waals surface area contributed by atoms with Crippen LogP contribution < -0.4 is 4.84 Å². The summed E-state index contributed by atoms with van der Waals surface area (Å²) in [7, 11) is 3.99. The molecule has 23 heavy (non-hydrogen) atoms. The van der Waals surface area contributed by atoms with E-state index in [2.05, 4.69) is 4.90 Å². The van der Waals surface area contributed by atoms with Gasteiger partial charge in [-0.2, -0.15) is 4.73 Å². The number of aromatic nitrogens is 1. The molecule has 0 fully saturated rings. The Morgan fingerprint density at radius 3 is 2.61 bits per heavy atom. The van der Waals surface area contributed by atoms with Crippen LogP contribution in [0.3, 0.4) is 0 Å². The predicted molar refractivity (Wildman–Crippen MR) is 88.7 cm³/mol. The average molecular weight is 320 g/mol. The second kappa shape index (κ2) is 6.50. The maximum Gasteiger partial charge on any atom is 0.534 e. The van der Waals surface area contributed by atoms with Crippen LogP contribution in [0.1, 0.15) is 26.3 Å². The Labute approximate surface area is 136 Å². The summed E-state index contributed by atoms with van der Waals surface area (Å²) < 4.78 is 6.58. The second-order valence-corrected chi connectivity index (χ2v) is 6.79. The van der Waals surface area contributed by atoms with E-state index >= 15 is 0 Å². The minimum absolute atomic E-state index is 0.179. The van der Waals surface area contributed by atoms with Gasteiger partial charge < -0.3 is 19.6 Å². The van der Waals surface area contributed by atoms with Crippen molar-refractivity contribution in [2.75, 3.05) is 20.6 Å². The minimum Gasteiger partial charge on any atom is -0.508 e. The summed E-state index contributed by atoms with van der Waals surface area (Å²) in [5, 5.41) is 10.6. The van der Waals surface area contributed by atoms with Crippen LogP contribution in [-0.4, -0.2) is 47.1 Å². The van der Waals surface area contributed by atoms with Crippen molar-refractivity contribution in [3.05, 3.63) is 30.0 Å². The first-order chi connectivity index (χ1) is 10.7. The van der Waals surface area contributed by atoms with Crippen molar-refractivity contribution in [1.82, 2.24) is 9.63 Å². The van der Waals surface area contributed by atoms with Crippen molar-refractivity contribution < 1.29 is 19.5 Å². The number of hydrogen-bond donors (Lipinski definition) is 1. The summed E-state index contributed by atoms with van der Waals surface area (Å²) in [5.41, 5.74) is 1.09. The number of benzene rings is 1. The molecule has 0 radical (unpaired) electrons. The minimum atomic E-state index is -0.762. The lowest BCUT2D eigenvalue weighted by Crippen LogP contribution is -2.29. The Kier molecular flexibility index (Phi) is 4.85. The molecule has 0 spiro atoms. The van der Waals surface area contributed by atoms with Crippen molar-refractivity contribution in [3.63, 3.8) is 0 Å². The molecule has 126 valence electrons. The van der Waals surface area contributed by atoms with Gasteiger partial charge in [-0.05, 0) is 65.0 Å². The predicted octanol–water partition coefficient (Wildman–Crippen LogP) is 2.81. The molecule has 1 aromatic heterocycles. The lowest BCUT2D eigenvalue weighted by Gasteiger charge is -2.18. The summed E-state index contributed by atoms with van der Waals surface area (Å²) in [6, 6.07) is 4.95. The van der Waals surface area contributed by atoms with Crippen molar-refractivity contribution in [2.45, 2.75) is 32.8 Å². The molecule has 2 aromatic rings. The second-order valence-electron chi connectivity index (χ2n) is 6.79. The molecule has 6 nitrogen and oxygen atoms in total. The number of likely N-dealkylation sites (N-methyl/N-ethyl adjacent to an activating group) is 1. The first-order valence-corrected chi connectivity index (χ1v) is 7.55. The van der Waals surface area contributed by atoms with E-state index in [4.69, 9.17) is 9.57 Å². The van der Waals surface area contributed by atoms with Crippen LogP contribution in [0.15, 0.2) is 24.4 Å². The number of aromatic hydroxyl groups is 1. The molecule has 0 aliphatic rings. The Balaban J connectivity index is 2.31. The van der Waals surface area contributed by atoms with Crippen LogP contribution in [0.2, 0.25) is 0 Å². The maximum atomic E-state index is 11.9. The van der Waals surface area contributed by atoms with Gasteiger partial charge in [0.25, 0.3) is 0 Å². The fourth-order valence-electron chi connectivity index (χ4n) is 2.22.